The van der Waals surface area contributed by atoms with Gasteiger partial charge in [-0.15, -0.1) is 0 Å². The van der Waals surface area contributed by atoms with Gasteiger partial charge in [-0.3, -0.25) is 0 Å². The number of phenolic OH excluding ortho intramolecular Hbond substituents is 1. The van der Waals surface area contributed by atoms with Gasteiger partial charge >= 0.3 is 29.6 Å². The minimum absolute atomic E-state index is 0. The fraction of sp³-hybridized carbons (Fsp3) is 0.143. The van der Waals surface area contributed by atoms with Crippen LogP contribution in [0.4, 0.5) is 0 Å². The molecule has 6 nitrogen and oxygen atoms in total. The smallest absolute Gasteiger partial charge is 0.504 e. The van der Waals surface area contributed by atoms with Gasteiger partial charge in [0.2, 0.25) is 0 Å². The summed E-state index contributed by atoms with van der Waals surface area (Å²) in [5.74, 6) is 0.692. The van der Waals surface area contributed by atoms with E-state index >= 15 is 0 Å². The minimum Gasteiger partial charge on any atom is -0.504 e. The van der Waals surface area contributed by atoms with Crippen molar-refractivity contribution in [3.8, 4) is 11.5 Å². The Labute approximate surface area is 103 Å². The first kappa shape index (κ1) is 15.5. The van der Waals surface area contributed by atoms with Crippen LogP contribution >= 0.6 is 0 Å². The number of hydrogen-bond donors (Lipinski definition) is 1. The third-order valence-electron chi connectivity index (χ3n) is 1.09. The van der Waals surface area contributed by atoms with Crippen LogP contribution in [0.2, 0.25) is 0 Å². The van der Waals surface area contributed by atoms with Crippen molar-refractivity contribution in [1.29, 1.82) is 0 Å². The number of para-hydroxylation sites is 2. The molecule has 0 aliphatic carbocycles. The summed E-state index contributed by atoms with van der Waals surface area (Å²) >= 11 is 0. The molecule has 0 bridgehead atoms. The van der Waals surface area contributed by atoms with Gasteiger partial charge in [0.25, 0.3) is 0 Å². The van der Waals surface area contributed by atoms with Crippen LogP contribution in [0.1, 0.15) is 0 Å². The predicted octanol–water partition coefficient (Wildman–Crippen LogP) is -1.83. The third kappa shape index (κ3) is 7.66. The number of aromatic hydroxyl groups is 1. The number of methoxy groups -OCH3 is 1. The van der Waals surface area contributed by atoms with Crippen LogP contribution in [0.15, 0.2) is 24.3 Å². The van der Waals surface area contributed by atoms with Crippen molar-refractivity contribution >= 4 is 0 Å². The molecule has 0 saturated heterocycles. The summed E-state index contributed by atoms with van der Waals surface area (Å²) in [6, 6.07) is 6.84. The van der Waals surface area contributed by atoms with E-state index in [1.807, 2.05) is 0 Å². The zero-order valence-electron chi connectivity index (χ0n) is 7.84. The normalized spacial score (nSPS) is 7.50. The van der Waals surface area contributed by atoms with Gasteiger partial charge < -0.3 is 25.2 Å². The Balaban J connectivity index is 0. The SMILES string of the molecule is COc1ccccc1O.O=[N+]([O-])[O-].[Na+]. The van der Waals surface area contributed by atoms with Crippen molar-refractivity contribution in [2.75, 3.05) is 7.11 Å². The van der Waals surface area contributed by atoms with Crippen molar-refractivity contribution in [3.05, 3.63) is 39.6 Å². The average molecular weight is 209 g/mol. The monoisotopic (exact) mass is 209 g/mol. The van der Waals surface area contributed by atoms with E-state index in [9.17, 15) is 0 Å². The van der Waals surface area contributed by atoms with Crippen LogP contribution in [0.5, 0.6) is 11.5 Å². The molecular formula is C7H8NNaO5. The Hall–Kier alpha value is -0.980. The van der Waals surface area contributed by atoms with Gasteiger partial charge in [0.1, 0.15) is 0 Å². The van der Waals surface area contributed by atoms with Gasteiger partial charge in [-0.1, -0.05) is 12.1 Å². The van der Waals surface area contributed by atoms with E-state index in [2.05, 4.69) is 0 Å². The van der Waals surface area contributed by atoms with Crippen LogP contribution in [0.3, 0.4) is 0 Å². The van der Waals surface area contributed by atoms with Crippen molar-refractivity contribution in [2.24, 2.45) is 0 Å². The average Bonchev–Trinajstić information content (AvgIpc) is 2.04. The minimum atomic E-state index is -1.75. The van der Waals surface area contributed by atoms with E-state index in [0.717, 1.165) is 0 Å². The molecule has 0 aliphatic rings. The van der Waals surface area contributed by atoms with Gasteiger partial charge in [-0.25, -0.2) is 0 Å². The van der Waals surface area contributed by atoms with Gasteiger partial charge in [-0.05, 0) is 12.1 Å². The number of rotatable bonds is 1. The van der Waals surface area contributed by atoms with Crippen molar-refractivity contribution in [2.45, 2.75) is 0 Å². The third-order valence-corrected chi connectivity index (χ3v) is 1.09. The summed E-state index contributed by atoms with van der Waals surface area (Å²) in [5, 5.41) is 23.7. The fourth-order valence-corrected chi connectivity index (χ4v) is 0.630. The van der Waals surface area contributed by atoms with Crippen molar-refractivity contribution in [3.63, 3.8) is 0 Å². The number of benzene rings is 1. The van der Waals surface area contributed by atoms with Gasteiger partial charge in [-0.2, -0.15) is 0 Å². The van der Waals surface area contributed by atoms with E-state index in [4.69, 9.17) is 25.2 Å². The Kier molecular flexibility index (Phi) is 9.53. The van der Waals surface area contributed by atoms with Crippen LogP contribution in [0, 0.1) is 15.3 Å². The second-order valence-corrected chi connectivity index (χ2v) is 1.90. The first-order valence-corrected chi connectivity index (χ1v) is 3.21. The van der Waals surface area contributed by atoms with Crippen LogP contribution in [-0.2, 0) is 0 Å². The Morgan fingerprint density at radius 1 is 1.36 bits per heavy atom. The molecule has 0 radical (unpaired) electrons. The summed E-state index contributed by atoms with van der Waals surface area (Å²) < 4.78 is 4.79. The summed E-state index contributed by atoms with van der Waals surface area (Å²) in [7, 11) is 1.52. The van der Waals surface area contributed by atoms with Crippen molar-refractivity contribution in [1.82, 2.24) is 0 Å². The Bertz CT molecular complexity index is 277. The molecule has 7 heteroatoms. The fourth-order valence-electron chi connectivity index (χ4n) is 0.630. The van der Waals surface area contributed by atoms with Gasteiger partial charge in [0.15, 0.2) is 11.5 Å². The molecule has 14 heavy (non-hydrogen) atoms. The Morgan fingerprint density at radius 2 is 1.79 bits per heavy atom. The summed E-state index contributed by atoms with van der Waals surface area (Å²) in [5.41, 5.74) is 0. The van der Waals surface area contributed by atoms with Crippen LogP contribution in [-0.4, -0.2) is 17.3 Å². The van der Waals surface area contributed by atoms with Gasteiger partial charge in [0, 0.05) is 0 Å². The molecule has 1 aromatic rings. The van der Waals surface area contributed by atoms with E-state index < -0.39 is 5.09 Å². The molecule has 1 rings (SSSR count). The molecule has 0 aromatic heterocycles. The second kappa shape index (κ2) is 8.61. The largest absolute Gasteiger partial charge is 1.00 e. The molecule has 0 amide bonds. The molecule has 0 atom stereocenters. The standard InChI is InChI=1S/C7H8O2.NO3.Na/c1-9-7-5-3-2-4-6(7)8;2-1(3)4;/h2-5,8H,1H3;;/q;-1;+1. The molecule has 0 fully saturated rings. The molecule has 0 aliphatic heterocycles. The van der Waals surface area contributed by atoms with Crippen LogP contribution in [0.25, 0.3) is 0 Å². The first-order chi connectivity index (χ1) is 6.07. The molecule has 0 heterocycles. The number of phenols is 1. The van der Waals surface area contributed by atoms with E-state index in [1.54, 1.807) is 24.3 Å². The molecule has 1 aromatic carbocycles. The molecule has 0 saturated carbocycles. The number of ether oxygens (including phenoxy) is 1. The second-order valence-electron chi connectivity index (χ2n) is 1.90. The molecule has 72 valence electrons. The van der Waals surface area contributed by atoms with E-state index in [-0.39, 0.29) is 35.3 Å². The van der Waals surface area contributed by atoms with E-state index in [1.165, 1.54) is 7.11 Å². The maximum absolute atomic E-state index is 8.99. The summed E-state index contributed by atoms with van der Waals surface area (Å²) in [4.78, 5) is 8.25. The maximum Gasteiger partial charge on any atom is 1.00 e. The zero-order valence-corrected chi connectivity index (χ0v) is 9.84. The summed E-state index contributed by atoms with van der Waals surface area (Å²) in [6.45, 7) is 0. The van der Waals surface area contributed by atoms with E-state index in [0.29, 0.717) is 5.75 Å². The topological polar surface area (TPSA) is 95.7 Å². The quantitative estimate of drug-likeness (QED) is 0.333. The molecule has 0 unspecified atom stereocenters. The molecule has 1 N–H and O–H groups in total. The maximum atomic E-state index is 8.99. The molecule has 0 spiro atoms. The number of nitrogens with zero attached hydrogens (tertiary/aromatic N) is 1. The van der Waals surface area contributed by atoms with Gasteiger partial charge in [0.05, 0.1) is 12.2 Å². The number of hydrogen-bond acceptors (Lipinski definition) is 5. The predicted molar refractivity (Wildman–Crippen MR) is 45.0 cm³/mol. The summed E-state index contributed by atoms with van der Waals surface area (Å²) in [6.07, 6.45) is 0. The van der Waals surface area contributed by atoms with Crippen molar-refractivity contribution < 1.29 is 44.5 Å². The first-order valence-electron chi connectivity index (χ1n) is 3.21. The Morgan fingerprint density at radius 3 is 2.07 bits per heavy atom. The zero-order chi connectivity index (χ0) is 10.3. The molecular weight excluding hydrogens is 201 g/mol. The van der Waals surface area contributed by atoms with Crippen LogP contribution < -0.4 is 34.3 Å².